The van der Waals surface area contributed by atoms with Crippen molar-refractivity contribution in [1.29, 1.82) is 0 Å². The van der Waals surface area contributed by atoms with Gasteiger partial charge in [-0.05, 0) is 70.0 Å². The Morgan fingerprint density at radius 2 is 1.80 bits per heavy atom. The highest BCUT2D eigenvalue weighted by molar-refractivity contribution is 5.67. The number of nitrogens with one attached hydrogen (secondary N) is 1. The van der Waals surface area contributed by atoms with E-state index in [0.29, 0.717) is 24.5 Å². The maximum atomic E-state index is 11.6. The molecule has 5 heteroatoms. The highest BCUT2D eigenvalue weighted by Crippen LogP contribution is 2.26. The van der Waals surface area contributed by atoms with Crippen molar-refractivity contribution in [3.05, 3.63) is 0 Å². The van der Waals surface area contributed by atoms with Gasteiger partial charge in [0.25, 0.3) is 0 Å². The Balaban J connectivity index is 2.01. The van der Waals surface area contributed by atoms with Crippen LogP contribution in [0.4, 0.5) is 4.79 Å². The molecule has 25 heavy (non-hydrogen) atoms. The third-order valence-corrected chi connectivity index (χ3v) is 4.99. The van der Waals surface area contributed by atoms with Crippen molar-refractivity contribution in [2.45, 2.75) is 72.3 Å². The first-order chi connectivity index (χ1) is 12.0. The molecule has 5 nitrogen and oxygen atoms in total. The minimum atomic E-state index is -0.278. The second kappa shape index (κ2) is 13.4. The zero-order valence-corrected chi connectivity index (χ0v) is 16.9. The maximum absolute atomic E-state index is 11.6. The number of hydrogen-bond donors (Lipinski definition) is 1. The van der Waals surface area contributed by atoms with Crippen LogP contribution in [-0.4, -0.2) is 56.5 Å². The molecule has 0 atom stereocenters. The SMILES string of the molecule is CCN(CC)CCCCOC1CCC(CNC(=O)OCC(C)C)CC1. The molecule has 0 aromatic heterocycles. The third kappa shape index (κ3) is 10.7. The molecule has 1 N–H and O–H groups in total. The summed E-state index contributed by atoms with van der Waals surface area (Å²) in [5.74, 6) is 0.944. The molecule has 0 bridgehead atoms. The zero-order chi connectivity index (χ0) is 18.5. The number of carbonyl (C=O) groups is 1. The Bertz CT molecular complexity index is 338. The summed E-state index contributed by atoms with van der Waals surface area (Å²) in [6, 6.07) is 0. The second-order valence-electron chi connectivity index (χ2n) is 7.62. The fourth-order valence-corrected chi connectivity index (χ4v) is 3.25. The fraction of sp³-hybridized carbons (Fsp3) is 0.950. The standard InChI is InChI=1S/C20H40N2O3/c1-5-22(6-2)13-7-8-14-24-19-11-9-18(10-12-19)15-21-20(23)25-16-17(3)4/h17-19H,5-16H2,1-4H3,(H,21,23). The third-order valence-electron chi connectivity index (χ3n) is 4.99. The van der Waals surface area contributed by atoms with Gasteiger partial charge in [-0.3, -0.25) is 0 Å². The lowest BCUT2D eigenvalue weighted by molar-refractivity contribution is 0.0156. The van der Waals surface area contributed by atoms with Crippen LogP contribution in [0.1, 0.15) is 66.2 Å². The fourth-order valence-electron chi connectivity index (χ4n) is 3.25. The summed E-state index contributed by atoms with van der Waals surface area (Å²) < 4.78 is 11.2. The number of carbonyl (C=O) groups excluding carboxylic acids is 1. The first kappa shape index (κ1) is 22.2. The molecule has 1 saturated carbocycles. The normalized spacial score (nSPS) is 20.9. The molecule has 0 spiro atoms. The van der Waals surface area contributed by atoms with Crippen LogP contribution in [0.2, 0.25) is 0 Å². The van der Waals surface area contributed by atoms with Gasteiger partial charge in [0, 0.05) is 13.2 Å². The van der Waals surface area contributed by atoms with Crippen molar-refractivity contribution in [2.24, 2.45) is 11.8 Å². The van der Waals surface area contributed by atoms with Crippen LogP contribution in [0.3, 0.4) is 0 Å². The number of unbranched alkanes of at least 4 members (excludes halogenated alkanes) is 1. The molecular formula is C20H40N2O3. The van der Waals surface area contributed by atoms with E-state index in [4.69, 9.17) is 9.47 Å². The summed E-state index contributed by atoms with van der Waals surface area (Å²) in [6.07, 6.45) is 7.01. The zero-order valence-electron chi connectivity index (χ0n) is 16.9. The highest BCUT2D eigenvalue weighted by atomic mass is 16.5. The summed E-state index contributed by atoms with van der Waals surface area (Å²) in [7, 11) is 0. The average molecular weight is 357 g/mol. The van der Waals surface area contributed by atoms with Gasteiger partial charge in [0.1, 0.15) is 0 Å². The van der Waals surface area contributed by atoms with E-state index < -0.39 is 0 Å². The smallest absolute Gasteiger partial charge is 0.407 e. The largest absolute Gasteiger partial charge is 0.449 e. The Morgan fingerprint density at radius 3 is 2.40 bits per heavy atom. The van der Waals surface area contributed by atoms with Gasteiger partial charge in [-0.1, -0.05) is 27.7 Å². The van der Waals surface area contributed by atoms with Gasteiger partial charge in [0.05, 0.1) is 12.7 Å². The van der Waals surface area contributed by atoms with E-state index in [-0.39, 0.29) is 6.09 Å². The van der Waals surface area contributed by atoms with Gasteiger partial charge in [-0.25, -0.2) is 4.79 Å². The quantitative estimate of drug-likeness (QED) is 0.536. The lowest BCUT2D eigenvalue weighted by Gasteiger charge is -2.28. The van der Waals surface area contributed by atoms with Crippen molar-refractivity contribution in [1.82, 2.24) is 10.2 Å². The van der Waals surface area contributed by atoms with Crippen LogP contribution < -0.4 is 5.32 Å². The molecule has 148 valence electrons. The number of rotatable bonds is 12. The number of nitrogens with zero attached hydrogens (tertiary/aromatic N) is 1. The molecule has 0 radical (unpaired) electrons. The van der Waals surface area contributed by atoms with E-state index in [1.165, 1.54) is 13.0 Å². The molecule has 0 aromatic carbocycles. The van der Waals surface area contributed by atoms with Crippen molar-refractivity contribution in [2.75, 3.05) is 39.4 Å². The topological polar surface area (TPSA) is 50.8 Å². The monoisotopic (exact) mass is 356 g/mol. The van der Waals surface area contributed by atoms with Crippen molar-refractivity contribution in [3.63, 3.8) is 0 Å². The van der Waals surface area contributed by atoms with E-state index >= 15 is 0 Å². The van der Waals surface area contributed by atoms with Crippen LogP contribution in [0.5, 0.6) is 0 Å². The van der Waals surface area contributed by atoms with Gasteiger partial charge in [0.2, 0.25) is 0 Å². The molecule has 1 amide bonds. The Kier molecular flexibility index (Phi) is 11.9. The molecule has 0 unspecified atom stereocenters. The highest BCUT2D eigenvalue weighted by Gasteiger charge is 2.22. The van der Waals surface area contributed by atoms with Gasteiger partial charge >= 0.3 is 6.09 Å². The summed E-state index contributed by atoms with van der Waals surface area (Å²) in [5, 5.41) is 2.90. The van der Waals surface area contributed by atoms with E-state index in [1.54, 1.807) is 0 Å². The van der Waals surface area contributed by atoms with Crippen LogP contribution >= 0.6 is 0 Å². The molecule has 0 aliphatic heterocycles. The van der Waals surface area contributed by atoms with Crippen molar-refractivity contribution < 1.29 is 14.3 Å². The van der Waals surface area contributed by atoms with Crippen LogP contribution in [0.25, 0.3) is 0 Å². The van der Waals surface area contributed by atoms with Gasteiger partial charge in [-0.15, -0.1) is 0 Å². The Labute approximate surface area is 154 Å². The van der Waals surface area contributed by atoms with Gasteiger partial charge < -0.3 is 19.7 Å². The number of alkyl carbamates (subject to hydrolysis) is 1. The van der Waals surface area contributed by atoms with Crippen molar-refractivity contribution >= 4 is 6.09 Å². The molecule has 1 aliphatic carbocycles. The number of ether oxygens (including phenoxy) is 2. The maximum Gasteiger partial charge on any atom is 0.407 e. The molecular weight excluding hydrogens is 316 g/mol. The molecule has 1 rings (SSSR count). The summed E-state index contributed by atoms with van der Waals surface area (Å²) in [5.41, 5.74) is 0. The predicted octanol–water partition coefficient (Wildman–Crippen LogP) is 4.07. The molecule has 0 aromatic rings. The molecule has 0 heterocycles. The molecule has 1 fully saturated rings. The minimum absolute atomic E-state index is 0.278. The van der Waals surface area contributed by atoms with Gasteiger partial charge in [-0.2, -0.15) is 0 Å². The lowest BCUT2D eigenvalue weighted by Crippen LogP contribution is -2.33. The first-order valence-electron chi connectivity index (χ1n) is 10.3. The second-order valence-corrected chi connectivity index (χ2v) is 7.62. The molecule has 1 aliphatic rings. The lowest BCUT2D eigenvalue weighted by atomic mass is 9.87. The average Bonchev–Trinajstić information content (AvgIpc) is 2.62. The summed E-state index contributed by atoms with van der Waals surface area (Å²) >= 11 is 0. The number of amides is 1. The number of hydrogen-bond acceptors (Lipinski definition) is 4. The predicted molar refractivity (Wildman–Crippen MR) is 103 cm³/mol. The van der Waals surface area contributed by atoms with E-state index in [9.17, 15) is 4.79 Å². The minimum Gasteiger partial charge on any atom is -0.449 e. The van der Waals surface area contributed by atoms with Crippen LogP contribution in [0.15, 0.2) is 0 Å². The van der Waals surface area contributed by atoms with Crippen molar-refractivity contribution in [3.8, 4) is 0 Å². The van der Waals surface area contributed by atoms with Gasteiger partial charge in [0.15, 0.2) is 0 Å². The van der Waals surface area contributed by atoms with E-state index in [0.717, 1.165) is 58.3 Å². The first-order valence-corrected chi connectivity index (χ1v) is 10.3. The van der Waals surface area contributed by atoms with E-state index in [2.05, 4.69) is 24.1 Å². The van der Waals surface area contributed by atoms with Crippen LogP contribution in [0, 0.1) is 11.8 Å². The Morgan fingerprint density at radius 1 is 1.12 bits per heavy atom. The molecule has 0 saturated heterocycles. The van der Waals surface area contributed by atoms with E-state index in [1.807, 2.05) is 13.8 Å². The Hall–Kier alpha value is -0.810. The van der Waals surface area contributed by atoms with Crippen LogP contribution in [-0.2, 0) is 9.47 Å². The summed E-state index contributed by atoms with van der Waals surface area (Å²) in [4.78, 5) is 14.0. The summed E-state index contributed by atoms with van der Waals surface area (Å²) in [6.45, 7) is 14.1.